The maximum absolute atomic E-state index is 12.8. The quantitative estimate of drug-likeness (QED) is 0.663. The number of amides is 2. The molecule has 0 radical (unpaired) electrons. The number of carbonyl (C=O) groups excluding carboxylic acids is 1. The SMILES string of the molecule is CCN(CC)C(=O)N[C@H]1C[C@@H]2c3cccc4[nH]c(CSC)c(c34)C[C@H]2N(CC2CC2)C1. The van der Waals surface area contributed by atoms with Crippen molar-refractivity contribution < 1.29 is 4.79 Å². The Morgan fingerprint density at radius 3 is 2.81 bits per heavy atom. The summed E-state index contributed by atoms with van der Waals surface area (Å²) in [6.07, 6.45) is 7.11. The minimum Gasteiger partial charge on any atom is -0.357 e. The summed E-state index contributed by atoms with van der Waals surface area (Å²) in [6, 6.07) is 7.66. The Morgan fingerprint density at radius 2 is 2.10 bits per heavy atom. The van der Waals surface area contributed by atoms with Gasteiger partial charge < -0.3 is 15.2 Å². The van der Waals surface area contributed by atoms with Gasteiger partial charge in [0, 0.05) is 66.5 Å². The molecular formula is C25H36N4OS. The Bertz CT molecular complexity index is 948. The topological polar surface area (TPSA) is 51.4 Å². The number of piperidine rings is 1. The summed E-state index contributed by atoms with van der Waals surface area (Å²) in [7, 11) is 0. The number of benzene rings is 1. The lowest BCUT2D eigenvalue weighted by molar-refractivity contribution is 0.0932. The van der Waals surface area contributed by atoms with Crippen LogP contribution < -0.4 is 5.32 Å². The lowest BCUT2D eigenvalue weighted by atomic mass is 9.73. The van der Waals surface area contributed by atoms with E-state index in [1.54, 1.807) is 5.56 Å². The summed E-state index contributed by atoms with van der Waals surface area (Å²) >= 11 is 1.90. The molecule has 2 heterocycles. The Kier molecular flexibility index (Phi) is 5.95. The van der Waals surface area contributed by atoms with E-state index in [4.69, 9.17) is 0 Å². The van der Waals surface area contributed by atoms with Crippen molar-refractivity contribution >= 4 is 28.7 Å². The summed E-state index contributed by atoms with van der Waals surface area (Å²) < 4.78 is 0. The van der Waals surface area contributed by atoms with Gasteiger partial charge in [0.25, 0.3) is 0 Å². The fraction of sp³-hybridized carbons (Fsp3) is 0.640. The Hall–Kier alpha value is -1.66. The van der Waals surface area contributed by atoms with Gasteiger partial charge in [-0.05, 0) is 68.9 Å². The Balaban J connectivity index is 1.48. The number of rotatable bonds is 7. The van der Waals surface area contributed by atoms with Crippen LogP contribution in [0.3, 0.4) is 0 Å². The van der Waals surface area contributed by atoms with Gasteiger partial charge in [-0.15, -0.1) is 0 Å². The predicted molar refractivity (Wildman–Crippen MR) is 130 cm³/mol. The number of fused-ring (bicyclic) bond motifs is 2. The summed E-state index contributed by atoms with van der Waals surface area (Å²) in [5.74, 6) is 2.39. The van der Waals surface area contributed by atoms with E-state index in [2.05, 4.69) is 53.5 Å². The molecule has 5 nitrogen and oxygen atoms in total. The zero-order valence-corrected chi connectivity index (χ0v) is 19.9. The van der Waals surface area contributed by atoms with Crippen LogP contribution in [-0.2, 0) is 12.2 Å². The van der Waals surface area contributed by atoms with Crippen LogP contribution >= 0.6 is 11.8 Å². The minimum atomic E-state index is 0.0958. The van der Waals surface area contributed by atoms with Crippen LogP contribution in [0.1, 0.15) is 55.8 Å². The second-order valence-electron chi connectivity index (χ2n) is 9.61. The Morgan fingerprint density at radius 1 is 1.29 bits per heavy atom. The fourth-order valence-corrected chi connectivity index (χ4v) is 6.49. The molecular weight excluding hydrogens is 404 g/mol. The smallest absolute Gasteiger partial charge is 0.317 e. The number of aromatic nitrogens is 1. The first-order valence-electron chi connectivity index (χ1n) is 12.0. The molecule has 1 aliphatic heterocycles. The average Bonchev–Trinajstić information content (AvgIpc) is 3.51. The second-order valence-corrected chi connectivity index (χ2v) is 10.5. The summed E-state index contributed by atoms with van der Waals surface area (Å²) in [4.78, 5) is 21.2. The largest absolute Gasteiger partial charge is 0.357 e. The van der Waals surface area contributed by atoms with Gasteiger partial charge >= 0.3 is 6.03 Å². The van der Waals surface area contributed by atoms with Crippen molar-refractivity contribution in [2.45, 2.75) is 63.3 Å². The highest BCUT2D eigenvalue weighted by atomic mass is 32.2. The molecule has 3 atom stereocenters. The molecule has 1 saturated carbocycles. The molecule has 0 bridgehead atoms. The third kappa shape index (κ3) is 3.97. The normalized spacial score (nSPS) is 25.5. The zero-order chi connectivity index (χ0) is 21.5. The van der Waals surface area contributed by atoms with Gasteiger partial charge in [0.1, 0.15) is 0 Å². The monoisotopic (exact) mass is 440 g/mol. The number of nitrogens with zero attached hydrogens (tertiary/aromatic N) is 2. The zero-order valence-electron chi connectivity index (χ0n) is 19.1. The second kappa shape index (κ2) is 8.70. The van der Waals surface area contributed by atoms with E-state index in [0.29, 0.717) is 12.0 Å². The molecule has 2 aliphatic carbocycles. The van der Waals surface area contributed by atoms with Gasteiger partial charge in [-0.3, -0.25) is 4.90 Å². The highest BCUT2D eigenvalue weighted by Crippen LogP contribution is 2.46. The number of aromatic amines is 1. The van der Waals surface area contributed by atoms with Gasteiger partial charge in [0.15, 0.2) is 0 Å². The maximum Gasteiger partial charge on any atom is 0.317 e. The molecule has 0 unspecified atom stereocenters. The number of urea groups is 1. The van der Waals surface area contributed by atoms with E-state index in [1.165, 1.54) is 41.5 Å². The van der Waals surface area contributed by atoms with Crippen LogP contribution in [0.15, 0.2) is 18.2 Å². The lowest BCUT2D eigenvalue weighted by Gasteiger charge is -2.47. The molecule has 2 amide bonds. The van der Waals surface area contributed by atoms with Crippen LogP contribution in [0.5, 0.6) is 0 Å². The summed E-state index contributed by atoms with van der Waals surface area (Å²) in [5, 5.41) is 4.86. The molecule has 31 heavy (non-hydrogen) atoms. The van der Waals surface area contributed by atoms with Gasteiger partial charge in [-0.25, -0.2) is 4.79 Å². The van der Waals surface area contributed by atoms with Crippen LogP contribution in [0.4, 0.5) is 4.79 Å². The molecule has 1 saturated heterocycles. The van der Waals surface area contributed by atoms with Crippen molar-refractivity contribution in [1.29, 1.82) is 0 Å². The Labute approximate surface area is 190 Å². The van der Waals surface area contributed by atoms with Crippen LogP contribution in [0.25, 0.3) is 10.9 Å². The number of hydrogen-bond acceptors (Lipinski definition) is 3. The number of likely N-dealkylation sites (tertiary alicyclic amines) is 1. The highest BCUT2D eigenvalue weighted by molar-refractivity contribution is 7.97. The van der Waals surface area contributed by atoms with Crippen molar-refractivity contribution in [3.63, 3.8) is 0 Å². The van der Waals surface area contributed by atoms with Crippen molar-refractivity contribution in [2.75, 3.05) is 32.4 Å². The molecule has 2 fully saturated rings. The molecule has 2 N–H and O–H groups in total. The molecule has 3 aliphatic rings. The number of carbonyl (C=O) groups is 1. The summed E-state index contributed by atoms with van der Waals surface area (Å²) in [6.45, 7) is 7.81. The van der Waals surface area contributed by atoms with E-state index < -0.39 is 0 Å². The first kappa shape index (κ1) is 21.2. The summed E-state index contributed by atoms with van der Waals surface area (Å²) in [5.41, 5.74) is 5.75. The van der Waals surface area contributed by atoms with Crippen molar-refractivity contribution in [2.24, 2.45) is 5.92 Å². The van der Waals surface area contributed by atoms with Crippen LogP contribution in [0.2, 0.25) is 0 Å². The minimum absolute atomic E-state index is 0.0958. The maximum atomic E-state index is 12.8. The third-order valence-electron chi connectivity index (χ3n) is 7.64. The van der Waals surface area contributed by atoms with E-state index >= 15 is 0 Å². The molecule has 168 valence electrons. The molecule has 2 aromatic rings. The number of thioether (sulfide) groups is 1. The molecule has 5 rings (SSSR count). The first-order valence-corrected chi connectivity index (χ1v) is 13.4. The number of H-pyrrole nitrogens is 1. The van der Waals surface area contributed by atoms with E-state index in [0.717, 1.165) is 44.1 Å². The fourth-order valence-electron chi connectivity index (χ4n) is 5.95. The van der Waals surface area contributed by atoms with Gasteiger partial charge in [-0.1, -0.05) is 12.1 Å². The van der Waals surface area contributed by atoms with E-state index in [-0.39, 0.29) is 12.1 Å². The van der Waals surface area contributed by atoms with Crippen molar-refractivity contribution in [1.82, 2.24) is 20.1 Å². The first-order chi connectivity index (χ1) is 15.1. The van der Waals surface area contributed by atoms with Crippen LogP contribution in [0, 0.1) is 5.92 Å². The molecule has 0 spiro atoms. The average molecular weight is 441 g/mol. The van der Waals surface area contributed by atoms with Crippen molar-refractivity contribution in [3.05, 3.63) is 35.0 Å². The predicted octanol–water partition coefficient (Wildman–Crippen LogP) is 4.57. The molecule has 1 aromatic carbocycles. The standard InChI is InChI=1S/C25H36N4OS/c1-4-28(5-2)25(30)26-17-11-19-18-7-6-8-21-24(18)20(22(27-21)15-31-3)12-23(19)29(14-17)13-16-9-10-16/h6-8,16-17,19,23,27H,4-5,9-15H2,1-3H3,(H,26,30)/t17-,19+,23+/m0/s1. The van der Waals surface area contributed by atoms with Gasteiger partial charge in [0.2, 0.25) is 0 Å². The van der Waals surface area contributed by atoms with E-state index in [9.17, 15) is 4.79 Å². The van der Waals surface area contributed by atoms with Gasteiger partial charge in [-0.2, -0.15) is 11.8 Å². The van der Waals surface area contributed by atoms with Crippen LogP contribution in [-0.4, -0.2) is 65.3 Å². The molecule has 6 heteroatoms. The lowest BCUT2D eigenvalue weighted by Crippen LogP contribution is -2.58. The number of nitrogens with one attached hydrogen (secondary N) is 2. The van der Waals surface area contributed by atoms with Crippen molar-refractivity contribution in [3.8, 4) is 0 Å². The van der Waals surface area contributed by atoms with Gasteiger partial charge in [0.05, 0.1) is 0 Å². The molecule has 1 aromatic heterocycles. The third-order valence-corrected chi connectivity index (χ3v) is 8.22. The van der Waals surface area contributed by atoms with E-state index in [1.807, 2.05) is 16.7 Å². The number of hydrogen-bond donors (Lipinski definition) is 2. The highest BCUT2D eigenvalue weighted by Gasteiger charge is 2.43.